The lowest BCUT2D eigenvalue weighted by molar-refractivity contribution is 0.308. The van der Waals surface area contributed by atoms with Crippen LogP contribution in [0.3, 0.4) is 0 Å². The molecule has 0 saturated heterocycles. The zero-order valence-corrected chi connectivity index (χ0v) is 25.6. The van der Waals surface area contributed by atoms with Gasteiger partial charge < -0.3 is 19.5 Å². The van der Waals surface area contributed by atoms with Crippen molar-refractivity contribution in [1.29, 1.82) is 0 Å². The number of fused-ring (bicyclic) bond motifs is 6. The van der Waals surface area contributed by atoms with Crippen LogP contribution in [0.5, 0.6) is 5.75 Å². The molecule has 0 unspecified atom stereocenters. The Morgan fingerprint density at radius 2 is 1.11 bits per heavy atom. The molecule has 0 fully saturated rings. The highest BCUT2D eigenvalue weighted by Gasteiger charge is 2.16. The molecule has 9 aromatic rings. The minimum atomic E-state index is 0.403. The Balaban J connectivity index is 1.09. The van der Waals surface area contributed by atoms with Gasteiger partial charge in [0, 0.05) is 21.8 Å². The molecule has 2 aromatic heterocycles. The molecule has 0 saturated carbocycles. The average Bonchev–Trinajstić information content (AvgIpc) is 3.68. The summed E-state index contributed by atoms with van der Waals surface area (Å²) in [6.45, 7) is 0.403. The predicted octanol–water partition coefficient (Wildman–Crippen LogP) is 11.2. The quantitative estimate of drug-likeness (QED) is 0.192. The first-order chi connectivity index (χ1) is 23.2. The number of hydrogen-bond donors (Lipinski definition) is 1. The maximum Gasteiger partial charge on any atom is 0.143 e. The van der Waals surface area contributed by atoms with Gasteiger partial charge in [0.25, 0.3) is 0 Å². The lowest BCUT2D eigenvalue weighted by atomic mass is 10.0. The second-order valence-corrected chi connectivity index (χ2v) is 11.9. The molecule has 224 valence electrons. The van der Waals surface area contributed by atoms with Gasteiger partial charge >= 0.3 is 0 Å². The molecular formula is C43H30N2O2. The molecule has 9 rings (SSSR count). The van der Waals surface area contributed by atoms with Crippen LogP contribution in [0.15, 0.2) is 162 Å². The third kappa shape index (κ3) is 4.62. The largest absolute Gasteiger partial charge is 0.487 e. The predicted molar refractivity (Wildman–Crippen MR) is 194 cm³/mol. The minimum Gasteiger partial charge on any atom is -0.487 e. The highest BCUT2D eigenvalue weighted by atomic mass is 16.5. The van der Waals surface area contributed by atoms with Crippen LogP contribution in [0, 0.1) is 0 Å². The van der Waals surface area contributed by atoms with E-state index >= 15 is 0 Å². The number of anilines is 1. The first-order valence-electron chi connectivity index (χ1n) is 15.8. The molecule has 4 heteroatoms. The van der Waals surface area contributed by atoms with Crippen LogP contribution in [0.1, 0.15) is 5.56 Å². The van der Waals surface area contributed by atoms with E-state index in [-0.39, 0.29) is 0 Å². The maximum absolute atomic E-state index is 6.59. The summed E-state index contributed by atoms with van der Waals surface area (Å²) in [5.41, 5.74) is 18.1. The van der Waals surface area contributed by atoms with Gasteiger partial charge in [-0.05, 0) is 82.4 Å². The summed E-state index contributed by atoms with van der Waals surface area (Å²) in [5, 5.41) is 4.34. The van der Waals surface area contributed by atoms with Gasteiger partial charge in [0.2, 0.25) is 0 Å². The van der Waals surface area contributed by atoms with Gasteiger partial charge in [-0.2, -0.15) is 0 Å². The fraction of sp³-hybridized carbons (Fsp3) is 0.0233. The van der Waals surface area contributed by atoms with Crippen LogP contribution >= 0.6 is 0 Å². The van der Waals surface area contributed by atoms with E-state index < -0.39 is 0 Å². The summed E-state index contributed by atoms with van der Waals surface area (Å²) in [7, 11) is 0. The Kier molecular flexibility index (Phi) is 6.32. The number of para-hydroxylation sites is 1. The van der Waals surface area contributed by atoms with E-state index in [0.717, 1.165) is 33.2 Å². The Bertz CT molecular complexity index is 2470. The van der Waals surface area contributed by atoms with Gasteiger partial charge in [-0.3, -0.25) is 0 Å². The Morgan fingerprint density at radius 3 is 1.74 bits per heavy atom. The molecule has 0 amide bonds. The van der Waals surface area contributed by atoms with E-state index in [2.05, 4.69) is 126 Å². The molecular weight excluding hydrogens is 576 g/mol. The summed E-state index contributed by atoms with van der Waals surface area (Å²) in [6.07, 6.45) is 0. The topological polar surface area (TPSA) is 53.3 Å². The van der Waals surface area contributed by atoms with Crippen LogP contribution in [-0.2, 0) is 6.61 Å². The molecule has 0 atom stereocenters. The van der Waals surface area contributed by atoms with Gasteiger partial charge in [0.1, 0.15) is 23.5 Å². The third-order valence-corrected chi connectivity index (χ3v) is 9.11. The number of nitrogens with two attached hydrogens (primary N) is 1. The van der Waals surface area contributed by atoms with E-state index in [1.165, 1.54) is 44.1 Å². The standard InChI is InChI=1S/C43H30N2O2/c44-43-41(24-23-40-42(43)34-13-7-8-14-39(34)47-40)46-27-28-15-19-33(20-16-28)45-37-21-17-31(29-9-3-1-4-10-29)25-35(37)36-26-32(18-22-38(36)45)30-11-5-2-6-12-30/h1-26H,27,44H2. The lowest BCUT2D eigenvalue weighted by Crippen LogP contribution is -2.00. The van der Waals surface area contributed by atoms with E-state index in [1.807, 2.05) is 36.4 Å². The molecule has 0 aliphatic rings. The zero-order valence-electron chi connectivity index (χ0n) is 25.6. The van der Waals surface area contributed by atoms with Crippen LogP contribution in [0.2, 0.25) is 0 Å². The van der Waals surface area contributed by atoms with Crippen molar-refractivity contribution >= 4 is 49.4 Å². The Hall–Kier alpha value is -6.26. The molecule has 2 heterocycles. The first-order valence-corrected chi connectivity index (χ1v) is 15.8. The summed E-state index contributed by atoms with van der Waals surface area (Å²) >= 11 is 0. The fourth-order valence-corrected chi connectivity index (χ4v) is 6.77. The first kappa shape index (κ1) is 27.1. The zero-order chi connectivity index (χ0) is 31.3. The van der Waals surface area contributed by atoms with Crippen molar-refractivity contribution in [3.05, 3.63) is 163 Å². The van der Waals surface area contributed by atoms with Gasteiger partial charge in [0.05, 0.1) is 22.1 Å². The Morgan fingerprint density at radius 1 is 0.511 bits per heavy atom. The number of furan rings is 1. The van der Waals surface area contributed by atoms with Crippen LogP contribution in [0.25, 0.3) is 71.7 Å². The van der Waals surface area contributed by atoms with Crippen LogP contribution in [0.4, 0.5) is 5.69 Å². The fourth-order valence-electron chi connectivity index (χ4n) is 6.77. The monoisotopic (exact) mass is 606 g/mol. The smallest absolute Gasteiger partial charge is 0.143 e. The average molecular weight is 607 g/mol. The van der Waals surface area contributed by atoms with E-state index in [0.29, 0.717) is 18.0 Å². The maximum atomic E-state index is 6.59. The normalized spacial score (nSPS) is 11.6. The Labute approximate surface area is 271 Å². The second-order valence-electron chi connectivity index (χ2n) is 11.9. The van der Waals surface area contributed by atoms with Crippen molar-refractivity contribution in [3.8, 4) is 33.7 Å². The van der Waals surface area contributed by atoms with Crippen molar-refractivity contribution in [2.45, 2.75) is 6.61 Å². The number of rotatable bonds is 6. The number of ether oxygens (including phenoxy) is 1. The van der Waals surface area contributed by atoms with E-state index in [9.17, 15) is 0 Å². The number of nitrogen functional groups attached to an aromatic ring is 1. The van der Waals surface area contributed by atoms with Gasteiger partial charge in [-0.15, -0.1) is 0 Å². The van der Waals surface area contributed by atoms with Crippen molar-refractivity contribution in [1.82, 2.24) is 4.57 Å². The minimum absolute atomic E-state index is 0.403. The van der Waals surface area contributed by atoms with Crippen molar-refractivity contribution in [3.63, 3.8) is 0 Å². The van der Waals surface area contributed by atoms with Gasteiger partial charge in [0.15, 0.2) is 0 Å². The third-order valence-electron chi connectivity index (χ3n) is 9.11. The SMILES string of the molecule is Nc1c(OCc2ccc(-n3c4ccc(-c5ccccc5)cc4c4cc(-c5ccccc5)ccc43)cc2)ccc2oc3ccccc3c12. The molecule has 0 radical (unpaired) electrons. The second kappa shape index (κ2) is 11.0. The number of benzene rings is 7. The van der Waals surface area contributed by atoms with Crippen LogP contribution < -0.4 is 10.5 Å². The summed E-state index contributed by atoms with van der Waals surface area (Å²) in [5.74, 6) is 0.652. The van der Waals surface area contributed by atoms with E-state index in [4.69, 9.17) is 14.9 Å². The van der Waals surface area contributed by atoms with Gasteiger partial charge in [-0.1, -0.05) is 103 Å². The molecule has 4 nitrogen and oxygen atoms in total. The molecule has 47 heavy (non-hydrogen) atoms. The van der Waals surface area contributed by atoms with Crippen LogP contribution in [-0.4, -0.2) is 4.57 Å². The van der Waals surface area contributed by atoms with Gasteiger partial charge in [-0.25, -0.2) is 0 Å². The lowest BCUT2D eigenvalue weighted by Gasteiger charge is -2.12. The molecule has 0 spiro atoms. The van der Waals surface area contributed by atoms with Crippen molar-refractivity contribution in [2.24, 2.45) is 0 Å². The van der Waals surface area contributed by atoms with E-state index in [1.54, 1.807) is 0 Å². The van der Waals surface area contributed by atoms with Crippen molar-refractivity contribution < 1.29 is 9.15 Å². The number of aromatic nitrogens is 1. The summed E-state index contributed by atoms with van der Waals surface area (Å²) in [6, 6.07) is 55.1. The molecule has 2 N–H and O–H groups in total. The number of nitrogens with zero attached hydrogens (tertiary/aromatic N) is 1. The summed E-state index contributed by atoms with van der Waals surface area (Å²) in [4.78, 5) is 0. The molecule has 7 aromatic carbocycles. The highest BCUT2D eigenvalue weighted by Crippen LogP contribution is 2.39. The molecule has 0 bridgehead atoms. The molecule has 0 aliphatic carbocycles. The summed E-state index contributed by atoms with van der Waals surface area (Å²) < 4.78 is 14.6. The molecule has 0 aliphatic heterocycles. The highest BCUT2D eigenvalue weighted by molar-refractivity contribution is 6.13. The van der Waals surface area contributed by atoms with Crippen molar-refractivity contribution in [2.75, 3.05) is 5.73 Å². The number of hydrogen-bond acceptors (Lipinski definition) is 3.